The summed E-state index contributed by atoms with van der Waals surface area (Å²) in [5.74, 6) is -0.131. The fraction of sp³-hybridized carbons (Fsp3) is 0.227. The molecule has 0 bridgehead atoms. The highest BCUT2D eigenvalue weighted by molar-refractivity contribution is 5.95. The first-order valence-electron chi connectivity index (χ1n) is 9.28. The molecule has 0 unspecified atom stereocenters. The lowest BCUT2D eigenvalue weighted by atomic mass is 10.2. The van der Waals surface area contributed by atoms with Gasteiger partial charge in [-0.1, -0.05) is 18.2 Å². The van der Waals surface area contributed by atoms with E-state index in [1.54, 1.807) is 49.2 Å². The van der Waals surface area contributed by atoms with Crippen LogP contribution in [-0.2, 0) is 20.7 Å². The van der Waals surface area contributed by atoms with Crippen molar-refractivity contribution in [1.29, 1.82) is 0 Å². The second kappa shape index (κ2) is 9.54. The maximum absolute atomic E-state index is 12.2. The number of esters is 1. The SMILES string of the molecule is COc1ccc(NC(=O)[C@@H](C)OC(=O)CCc2cnn(-c3ccccc3)c2)cc1. The molecule has 3 rings (SSSR count). The van der Waals surface area contributed by atoms with E-state index in [1.165, 1.54) is 0 Å². The van der Waals surface area contributed by atoms with Gasteiger partial charge in [0.05, 0.1) is 19.0 Å². The molecular formula is C22H23N3O4. The van der Waals surface area contributed by atoms with Crippen molar-refractivity contribution in [2.45, 2.75) is 25.9 Å². The molecule has 2 aromatic carbocycles. The van der Waals surface area contributed by atoms with Gasteiger partial charge in [-0.25, -0.2) is 4.68 Å². The lowest BCUT2D eigenvalue weighted by molar-refractivity contribution is -0.153. The number of nitrogens with zero attached hydrogens (tertiary/aromatic N) is 2. The first kappa shape index (κ1) is 20.1. The van der Waals surface area contributed by atoms with Gasteiger partial charge in [-0.3, -0.25) is 9.59 Å². The molecule has 3 aromatic rings. The molecule has 7 nitrogen and oxygen atoms in total. The topological polar surface area (TPSA) is 82.4 Å². The van der Waals surface area contributed by atoms with E-state index in [0.29, 0.717) is 17.9 Å². The van der Waals surface area contributed by atoms with Gasteiger partial charge in [0, 0.05) is 18.3 Å². The predicted molar refractivity (Wildman–Crippen MR) is 109 cm³/mol. The van der Waals surface area contributed by atoms with Crippen LogP contribution in [0.1, 0.15) is 18.9 Å². The van der Waals surface area contributed by atoms with Crippen LogP contribution in [0.5, 0.6) is 5.75 Å². The molecule has 0 fully saturated rings. The van der Waals surface area contributed by atoms with E-state index in [2.05, 4.69) is 10.4 Å². The van der Waals surface area contributed by atoms with Crippen molar-refractivity contribution in [3.8, 4) is 11.4 Å². The number of hydrogen-bond acceptors (Lipinski definition) is 5. The van der Waals surface area contributed by atoms with Crippen LogP contribution in [0.4, 0.5) is 5.69 Å². The zero-order chi connectivity index (χ0) is 20.6. The number of amides is 1. The summed E-state index contributed by atoms with van der Waals surface area (Å²) in [4.78, 5) is 24.3. The zero-order valence-electron chi connectivity index (χ0n) is 16.4. The summed E-state index contributed by atoms with van der Waals surface area (Å²) < 4.78 is 12.1. The van der Waals surface area contributed by atoms with E-state index in [4.69, 9.17) is 9.47 Å². The van der Waals surface area contributed by atoms with Gasteiger partial charge in [0.25, 0.3) is 5.91 Å². The number of carbonyl (C=O) groups is 2. The molecule has 150 valence electrons. The van der Waals surface area contributed by atoms with Crippen molar-refractivity contribution in [3.63, 3.8) is 0 Å². The Morgan fingerprint density at radius 3 is 2.52 bits per heavy atom. The number of benzene rings is 2. The van der Waals surface area contributed by atoms with Crippen molar-refractivity contribution in [3.05, 3.63) is 72.6 Å². The number of rotatable bonds is 8. The van der Waals surface area contributed by atoms with Crippen molar-refractivity contribution in [2.75, 3.05) is 12.4 Å². The van der Waals surface area contributed by atoms with Gasteiger partial charge in [0.15, 0.2) is 6.10 Å². The molecule has 1 amide bonds. The summed E-state index contributed by atoms with van der Waals surface area (Å²) in [6, 6.07) is 16.6. The molecule has 0 saturated carbocycles. The Morgan fingerprint density at radius 1 is 1.10 bits per heavy atom. The van der Waals surface area contributed by atoms with Crippen molar-refractivity contribution in [1.82, 2.24) is 9.78 Å². The monoisotopic (exact) mass is 393 g/mol. The van der Waals surface area contributed by atoms with Crippen molar-refractivity contribution < 1.29 is 19.1 Å². The van der Waals surface area contributed by atoms with E-state index >= 15 is 0 Å². The maximum atomic E-state index is 12.2. The molecule has 1 atom stereocenters. The summed E-state index contributed by atoms with van der Waals surface area (Å²) >= 11 is 0. The lowest BCUT2D eigenvalue weighted by Gasteiger charge is -2.13. The first-order valence-corrected chi connectivity index (χ1v) is 9.28. The van der Waals surface area contributed by atoms with Crippen LogP contribution in [0.25, 0.3) is 5.69 Å². The molecule has 29 heavy (non-hydrogen) atoms. The van der Waals surface area contributed by atoms with Gasteiger partial charge in [-0.05, 0) is 55.3 Å². The lowest BCUT2D eigenvalue weighted by Crippen LogP contribution is -2.30. The summed E-state index contributed by atoms with van der Waals surface area (Å²) in [6.07, 6.45) is 3.36. The Morgan fingerprint density at radius 2 is 1.83 bits per heavy atom. The standard InChI is InChI=1S/C22H23N3O4/c1-16(22(27)24-18-9-11-20(28-2)12-10-18)29-21(26)13-8-17-14-23-25(15-17)19-6-4-3-5-7-19/h3-7,9-12,14-16H,8,13H2,1-2H3,(H,24,27)/t16-/m1/s1. The Bertz CT molecular complexity index is 952. The van der Waals surface area contributed by atoms with Gasteiger partial charge in [-0.2, -0.15) is 5.10 Å². The van der Waals surface area contributed by atoms with Crippen LogP contribution in [0, 0.1) is 0 Å². The van der Waals surface area contributed by atoms with E-state index in [1.807, 2.05) is 36.5 Å². The van der Waals surface area contributed by atoms with E-state index in [9.17, 15) is 9.59 Å². The largest absolute Gasteiger partial charge is 0.497 e. The number of aryl methyl sites for hydroxylation is 1. The molecule has 1 N–H and O–H groups in total. The average molecular weight is 393 g/mol. The normalized spacial score (nSPS) is 11.5. The van der Waals surface area contributed by atoms with Gasteiger partial charge >= 0.3 is 5.97 Å². The fourth-order valence-corrected chi connectivity index (χ4v) is 2.69. The third-order valence-electron chi connectivity index (χ3n) is 4.31. The van der Waals surface area contributed by atoms with Crippen LogP contribution in [-0.4, -0.2) is 34.9 Å². The number of carbonyl (C=O) groups excluding carboxylic acids is 2. The van der Waals surface area contributed by atoms with Crippen LogP contribution in [0.15, 0.2) is 67.0 Å². The van der Waals surface area contributed by atoms with E-state index in [0.717, 1.165) is 11.3 Å². The summed E-state index contributed by atoms with van der Waals surface area (Å²) in [7, 11) is 1.57. The molecule has 0 aliphatic rings. The van der Waals surface area contributed by atoms with Crippen LogP contribution < -0.4 is 10.1 Å². The van der Waals surface area contributed by atoms with E-state index in [-0.39, 0.29) is 12.3 Å². The van der Waals surface area contributed by atoms with Crippen molar-refractivity contribution in [2.24, 2.45) is 0 Å². The highest BCUT2D eigenvalue weighted by atomic mass is 16.5. The second-order valence-electron chi connectivity index (χ2n) is 6.48. The Kier molecular flexibility index (Phi) is 6.63. The second-order valence-corrected chi connectivity index (χ2v) is 6.48. The van der Waals surface area contributed by atoms with E-state index < -0.39 is 12.1 Å². The Hall–Kier alpha value is -3.61. The Balaban J connectivity index is 1.46. The van der Waals surface area contributed by atoms with Gasteiger partial charge in [-0.15, -0.1) is 0 Å². The number of aromatic nitrogens is 2. The van der Waals surface area contributed by atoms with Crippen LogP contribution >= 0.6 is 0 Å². The third-order valence-corrected chi connectivity index (χ3v) is 4.31. The fourth-order valence-electron chi connectivity index (χ4n) is 2.69. The summed E-state index contributed by atoms with van der Waals surface area (Å²) in [5.41, 5.74) is 2.47. The third kappa shape index (κ3) is 5.68. The minimum Gasteiger partial charge on any atom is -0.497 e. The molecule has 0 aliphatic heterocycles. The average Bonchev–Trinajstić information content (AvgIpc) is 3.22. The van der Waals surface area contributed by atoms with Crippen LogP contribution in [0.2, 0.25) is 0 Å². The molecule has 0 radical (unpaired) electrons. The highest BCUT2D eigenvalue weighted by Gasteiger charge is 2.18. The minimum absolute atomic E-state index is 0.167. The predicted octanol–water partition coefficient (Wildman–Crippen LogP) is 3.38. The summed E-state index contributed by atoms with van der Waals surface area (Å²) in [6.45, 7) is 1.55. The quantitative estimate of drug-likeness (QED) is 0.593. The van der Waals surface area contributed by atoms with Gasteiger partial charge < -0.3 is 14.8 Å². The minimum atomic E-state index is -0.892. The van der Waals surface area contributed by atoms with Crippen LogP contribution in [0.3, 0.4) is 0 Å². The Labute approximate surface area is 169 Å². The number of methoxy groups -OCH3 is 1. The van der Waals surface area contributed by atoms with Gasteiger partial charge in [0.1, 0.15) is 5.75 Å². The maximum Gasteiger partial charge on any atom is 0.306 e. The van der Waals surface area contributed by atoms with Crippen molar-refractivity contribution >= 4 is 17.6 Å². The molecular weight excluding hydrogens is 370 g/mol. The number of anilines is 1. The molecule has 1 heterocycles. The number of para-hydroxylation sites is 1. The molecule has 1 aromatic heterocycles. The summed E-state index contributed by atoms with van der Waals surface area (Å²) in [5, 5.41) is 7.01. The first-order chi connectivity index (χ1) is 14.0. The number of hydrogen-bond donors (Lipinski definition) is 1. The zero-order valence-corrected chi connectivity index (χ0v) is 16.4. The molecule has 0 saturated heterocycles. The number of nitrogens with one attached hydrogen (secondary N) is 1. The smallest absolute Gasteiger partial charge is 0.306 e. The molecule has 0 spiro atoms. The highest BCUT2D eigenvalue weighted by Crippen LogP contribution is 2.15. The molecule has 0 aliphatic carbocycles. The molecule has 7 heteroatoms. The number of ether oxygens (including phenoxy) is 2. The van der Waals surface area contributed by atoms with Gasteiger partial charge in [0.2, 0.25) is 0 Å².